The van der Waals surface area contributed by atoms with Gasteiger partial charge in [-0.2, -0.15) is 0 Å². The van der Waals surface area contributed by atoms with Gasteiger partial charge in [-0.1, -0.05) is 0 Å². The molecule has 0 radical (unpaired) electrons. The summed E-state index contributed by atoms with van der Waals surface area (Å²) in [7, 11) is 0. The second kappa shape index (κ2) is 2.91. The van der Waals surface area contributed by atoms with Crippen molar-refractivity contribution in [3.8, 4) is 0 Å². The molecule has 1 aliphatic carbocycles. The van der Waals surface area contributed by atoms with Gasteiger partial charge in [-0.05, 0) is 38.3 Å². The summed E-state index contributed by atoms with van der Waals surface area (Å²) >= 11 is 0. The highest BCUT2D eigenvalue weighted by Crippen LogP contribution is 2.34. The molecule has 0 spiro atoms. The molecular weight excluding hydrogens is 162 g/mol. The van der Waals surface area contributed by atoms with Crippen molar-refractivity contribution >= 4 is 11.5 Å². The standard InChI is InChI=1S/C10H15N3/c1-10(5-2-6-10)13-9-4-3-8(11)7-12-9/h3-4,7H,2,5-6,11H2,1H3,(H,12,13). The van der Waals surface area contributed by atoms with E-state index in [9.17, 15) is 0 Å². The molecule has 70 valence electrons. The van der Waals surface area contributed by atoms with Gasteiger partial charge in [0.2, 0.25) is 0 Å². The second-order valence-corrected chi connectivity index (χ2v) is 4.02. The molecule has 1 fully saturated rings. The summed E-state index contributed by atoms with van der Waals surface area (Å²) in [5, 5.41) is 3.42. The number of anilines is 2. The molecule has 0 aromatic carbocycles. The lowest BCUT2D eigenvalue weighted by Crippen LogP contribution is -2.41. The predicted octanol–water partition coefficient (Wildman–Crippen LogP) is 2.02. The topological polar surface area (TPSA) is 50.9 Å². The number of nitrogens with zero attached hydrogens (tertiary/aromatic N) is 1. The fourth-order valence-corrected chi connectivity index (χ4v) is 1.62. The number of hydrogen-bond donors (Lipinski definition) is 2. The lowest BCUT2D eigenvalue weighted by atomic mass is 9.78. The Kier molecular flexibility index (Phi) is 1.87. The summed E-state index contributed by atoms with van der Waals surface area (Å²) in [6.45, 7) is 2.23. The molecule has 13 heavy (non-hydrogen) atoms. The smallest absolute Gasteiger partial charge is 0.126 e. The van der Waals surface area contributed by atoms with E-state index in [2.05, 4.69) is 17.2 Å². The average Bonchev–Trinajstić information content (AvgIpc) is 2.06. The molecule has 0 amide bonds. The van der Waals surface area contributed by atoms with Crippen LogP contribution in [0.2, 0.25) is 0 Å². The first-order valence-electron chi connectivity index (χ1n) is 4.68. The Morgan fingerprint density at radius 3 is 2.69 bits per heavy atom. The summed E-state index contributed by atoms with van der Waals surface area (Å²) in [5.74, 6) is 0.927. The first-order valence-corrected chi connectivity index (χ1v) is 4.68. The van der Waals surface area contributed by atoms with Crippen molar-refractivity contribution in [2.75, 3.05) is 11.1 Å². The molecule has 3 N–H and O–H groups in total. The zero-order chi connectivity index (χ0) is 9.31. The number of aromatic nitrogens is 1. The maximum atomic E-state index is 5.55. The molecule has 1 aromatic heterocycles. The van der Waals surface area contributed by atoms with Crippen LogP contribution < -0.4 is 11.1 Å². The first-order chi connectivity index (χ1) is 6.18. The third kappa shape index (κ3) is 1.74. The minimum Gasteiger partial charge on any atom is -0.397 e. The summed E-state index contributed by atoms with van der Waals surface area (Å²) < 4.78 is 0. The lowest BCUT2D eigenvalue weighted by molar-refractivity contribution is 0.306. The number of pyridine rings is 1. The number of nitrogens with one attached hydrogen (secondary N) is 1. The lowest BCUT2D eigenvalue weighted by Gasteiger charge is -2.39. The Morgan fingerprint density at radius 1 is 1.46 bits per heavy atom. The molecule has 0 bridgehead atoms. The Bertz CT molecular complexity index is 288. The molecule has 1 heterocycles. The maximum absolute atomic E-state index is 5.55. The van der Waals surface area contributed by atoms with Crippen LogP contribution >= 0.6 is 0 Å². The fourth-order valence-electron chi connectivity index (χ4n) is 1.62. The van der Waals surface area contributed by atoms with Gasteiger partial charge in [-0.15, -0.1) is 0 Å². The summed E-state index contributed by atoms with van der Waals surface area (Å²) in [5.41, 5.74) is 6.53. The van der Waals surface area contributed by atoms with Gasteiger partial charge in [0, 0.05) is 5.54 Å². The highest BCUT2D eigenvalue weighted by Gasteiger charge is 2.31. The zero-order valence-electron chi connectivity index (χ0n) is 7.88. The van der Waals surface area contributed by atoms with Gasteiger partial charge in [0.05, 0.1) is 11.9 Å². The van der Waals surface area contributed by atoms with Crippen LogP contribution in [0.5, 0.6) is 0 Å². The molecule has 1 aliphatic rings. The van der Waals surface area contributed by atoms with Crippen molar-refractivity contribution in [3.05, 3.63) is 18.3 Å². The van der Waals surface area contributed by atoms with Crippen LogP contribution in [0.1, 0.15) is 26.2 Å². The minimum atomic E-state index is 0.267. The largest absolute Gasteiger partial charge is 0.397 e. The molecule has 2 rings (SSSR count). The quantitative estimate of drug-likeness (QED) is 0.726. The Morgan fingerprint density at radius 2 is 2.23 bits per heavy atom. The molecule has 0 saturated heterocycles. The summed E-state index contributed by atoms with van der Waals surface area (Å²) in [4.78, 5) is 4.21. The molecular formula is C10H15N3. The van der Waals surface area contributed by atoms with E-state index in [0.29, 0.717) is 5.69 Å². The summed E-state index contributed by atoms with van der Waals surface area (Å²) in [6.07, 6.45) is 5.47. The maximum Gasteiger partial charge on any atom is 0.126 e. The monoisotopic (exact) mass is 177 g/mol. The number of nitrogens with two attached hydrogens (primary N) is 1. The first kappa shape index (κ1) is 8.35. The van der Waals surface area contributed by atoms with Crippen LogP contribution in [-0.2, 0) is 0 Å². The highest BCUT2D eigenvalue weighted by molar-refractivity contribution is 5.45. The van der Waals surface area contributed by atoms with Gasteiger partial charge < -0.3 is 11.1 Å². The van der Waals surface area contributed by atoms with Gasteiger partial charge in [0.1, 0.15) is 5.82 Å². The predicted molar refractivity (Wildman–Crippen MR) is 54.5 cm³/mol. The van der Waals surface area contributed by atoms with Crippen molar-refractivity contribution < 1.29 is 0 Å². The Labute approximate surface area is 78.4 Å². The molecule has 3 nitrogen and oxygen atoms in total. The van der Waals surface area contributed by atoms with E-state index in [4.69, 9.17) is 5.73 Å². The molecule has 0 atom stereocenters. The number of nitrogen functional groups attached to an aromatic ring is 1. The number of hydrogen-bond acceptors (Lipinski definition) is 3. The van der Waals surface area contributed by atoms with Crippen LogP contribution in [0.15, 0.2) is 18.3 Å². The Hall–Kier alpha value is -1.25. The van der Waals surface area contributed by atoms with Crippen LogP contribution in [0.4, 0.5) is 11.5 Å². The van der Waals surface area contributed by atoms with E-state index in [-0.39, 0.29) is 5.54 Å². The second-order valence-electron chi connectivity index (χ2n) is 4.02. The van der Waals surface area contributed by atoms with E-state index in [1.165, 1.54) is 19.3 Å². The van der Waals surface area contributed by atoms with E-state index < -0.39 is 0 Å². The van der Waals surface area contributed by atoms with Gasteiger partial charge in [-0.3, -0.25) is 0 Å². The van der Waals surface area contributed by atoms with Crippen LogP contribution in [0, 0.1) is 0 Å². The molecule has 0 aliphatic heterocycles. The SMILES string of the molecule is CC1(Nc2ccc(N)cn2)CCC1. The van der Waals surface area contributed by atoms with Crippen molar-refractivity contribution in [1.82, 2.24) is 4.98 Å². The Balaban J connectivity index is 2.05. The van der Waals surface area contributed by atoms with E-state index >= 15 is 0 Å². The van der Waals surface area contributed by atoms with Gasteiger partial charge in [0.25, 0.3) is 0 Å². The normalized spacial score (nSPS) is 19.2. The van der Waals surface area contributed by atoms with Crippen molar-refractivity contribution in [2.24, 2.45) is 0 Å². The van der Waals surface area contributed by atoms with Gasteiger partial charge in [0.15, 0.2) is 0 Å². The van der Waals surface area contributed by atoms with E-state index in [1.807, 2.05) is 12.1 Å². The minimum absolute atomic E-state index is 0.267. The highest BCUT2D eigenvalue weighted by atomic mass is 15.1. The third-order valence-corrected chi connectivity index (χ3v) is 2.67. The van der Waals surface area contributed by atoms with Crippen LogP contribution in [0.3, 0.4) is 0 Å². The molecule has 1 saturated carbocycles. The van der Waals surface area contributed by atoms with Crippen molar-refractivity contribution in [3.63, 3.8) is 0 Å². The number of rotatable bonds is 2. The van der Waals surface area contributed by atoms with Crippen LogP contribution in [-0.4, -0.2) is 10.5 Å². The molecule has 0 unspecified atom stereocenters. The van der Waals surface area contributed by atoms with Crippen molar-refractivity contribution in [1.29, 1.82) is 0 Å². The van der Waals surface area contributed by atoms with E-state index in [1.54, 1.807) is 6.20 Å². The molecule has 3 heteroatoms. The summed E-state index contributed by atoms with van der Waals surface area (Å²) in [6, 6.07) is 3.80. The average molecular weight is 177 g/mol. The van der Waals surface area contributed by atoms with Gasteiger partial charge >= 0.3 is 0 Å². The third-order valence-electron chi connectivity index (χ3n) is 2.67. The van der Waals surface area contributed by atoms with Crippen molar-refractivity contribution in [2.45, 2.75) is 31.7 Å². The molecule has 1 aromatic rings. The van der Waals surface area contributed by atoms with E-state index in [0.717, 1.165) is 5.82 Å². The van der Waals surface area contributed by atoms with Gasteiger partial charge in [-0.25, -0.2) is 4.98 Å². The van der Waals surface area contributed by atoms with Crippen LogP contribution in [0.25, 0.3) is 0 Å². The zero-order valence-corrected chi connectivity index (χ0v) is 7.88. The fraction of sp³-hybridized carbons (Fsp3) is 0.500.